The summed E-state index contributed by atoms with van der Waals surface area (Å²) < 4.78 is 5.48. The van der Waals surface area contributed by atoms with Crippen molar-refractivity contribution >= 4 is 5.97 Å². The van der Waals surface area contributed by atoms with E-state index in [9.17, 15) is 4.79 Å². The highest BCUT2D eigenvalue weighted by Gasteiger charge is 2.16. The number of aromatic carboxylic acids is 1. The minimum atomic E-state index is -1.08. The lowest BCUT2D eigenvalue weighted by atomic mass is 10.1. The van der Waals surface area contributed by atoms with Gasteiger partial charge in [-0.2, -0.15) is 0 Å². The van der Waals surface area contributed by atoms with Gasteiger partial charge in [0.15, 0.2) is 11.4 Å². The van der Waals surface area contributed by atoms with Crippen LogP contribution in [0.3, 0.4) is 0 Å². The molecule has 5 heteroatoms. The van der Waals surface area contributed by atoms with Gasteiger partial charge >= 0.3 is 5.97 Å². The van der Waals surface area contributed by atoms with Crippen molar-refractivity contribution in [3.63, 3.8) is 0 Å². The van der Waals surface area contributed by atoms with Gasteiger partial charge in [-0.05, 0) is 18.8 Å². The smallest absolute Gasteiger partial charge is 0.358 e. The second-order valence-electron chi connectivity index (χ2n) is 5.29. The van der Waals surface area contributed by atoms with E-state index in [1.807, 2.05) is 13.8 Å². The van der Waals surface area contributed by atoms with E-state index in [-0.39, 0.29) is 17.4 Å². The van der Waals surface area contributed by atoms with E-state index < -0.39 is 5.97 Å². The van der Waals surface area contributed by atoms with Crippen LogP contribution in [0, 0.1) is 5.92 Å². The highest BCUT2D eigenvalue weighted by Crippen LogP contribution is 2.19. The monoisotopic (exact) mass is 266 g/mol. The van der Waals surface area contributed by atoms with E-state index in [1.54, 1.807) is 0 Å². The number of rotatable bonds is 7. The fourth-order valence-electron chi connectivity index (χ4n) is 1.60. The molecule has 0 atom stereocenters. The molecule has 5 nitrogen and oxygen atoms in total. The van der Waals surface area contributed by atoms with Crippen molar-refractivity contribution in [2.75, 3.05) is 6.61 Å². The topological polar surface area (TPSA) is 72.3 Å². The second kappa shape index (κ2) is 7.07. The lowest BCUT2D eigenvalue weighted by Gasteiger charge is -2.11. The van der Waals surface area contributed by atoms with Gasteiger partial charge in [0.25, 0.3) is 0 Å². The van der Waals surface area contributed by atoms with Crippen molar-refractivity contribution in [3.8, 4) is 5.75 Å². The number of nitrogens with zero attached hydrogens (tertiary/aromatic N) is 2. The normalized spacial score (nSPS) is 11.1. The van der Waals surface area contributed by atoms with Crippen molar-refractivity contribution in [1.29, 1.82) is 0 Å². The molecule has 0 spiro atoms. The molecule has 0 amide bonds. The Hall–Kier alpha value is -1.65. The van der Waals surface area contributed by atoms with E-state index in [0.717, 1.165) is 12.8 Å². The average molecular weight is 266 g/mol. The predicted molar refractivity (Wildman–Crippen MR) is 72.6 cm³/mol. The van der Waals surface area contributed by atoms with Crippen LogP contribution >= 0.6 is 0 Å². The number of carboxylic acid groups (broad SMARTS) is 1. The van der Waals surface area contributed by atoms with Gasteiger partial charge in [-0.1, -0.05) is 27.7 Å². The second-order valence-corrected chi connectivity index (χ2v) is 5.29. The number of aromatic nitrogens is 2. The fourth-order valence-corrected chi connectivity index (χ4v) is 1.60. The van der Waals surface area contributed by atoms with Crippen molar-refractivity contribution in [1.82, 2.24) is 9.97 Å². The average Bonchev–Trinajstić information content (AvgIpc) is 2.34. The highest BCUT2D eigenvalue weighted by molar-refractivity contribution is 5.88. The van der Waals surface area contributed by atoms with E-state index in [4.69, 9.17) is 9.84 Å². The lowest BCUT2D eigenvalue weighted by Crippen LogP contribution is -2.11. The Morgan fingerprint density at radius 2 is 2.05 bits per heavy atom. The number of carboxylic acids is 1. The maximum Gasteiger partial charge on any atom is 0.358 e. The summed E-state index contributed by atoms with van der Waals surface area (Å²) in [5, 5.41) is 9.15. The van der Waals surface area contributed by atoms with Crippen LogP contribution in [-0.2, 0) is 0 Å². The SMILES string of the molecule is CC(C)CCCOc1cnc(C(C)C)nc1C(=O)O. The fraction of sp³-hybridized carbons (Fsp3) is 0.643. The molecule has 1 aromatic rings. The molecule has 0 aliphatic heterocycles. The molecule has 0 saturated carbocycles. The van der Waals surface area contributed by atoms with Crippen LogP contribution < -0.4 is 4.74 Å². The van der Waals surface area contributed by atoms with Crippen molar-refractivity contribution < 1.29 is 14.6 Å². The van der Waals surface area contributed by atoms with E-state index in [1.165, 1.54) is 6.20 Å². The first-order valence-electron chi connectivity index (χ1n) is 6.64. The minimum absolute atomic E-state index is 0.0525. The van der Waals surface area contributed by atoms with Gasteiger partial charge in [-0.25, -0.2) is 14.8 Å². The van der Waals surface area contributed by atoms with E-state index >= 15 is 0 Å². The largest absolute Gasteiger partial charge is 0.489 e. The molecule has 0 saturated heterocycles. The van der Waals surface area contributed by atoms with Gasteiger partial charge in [-0.3, -0.25) is 0 Å². The minimum Gasteiger partial charge on any atom is -0.489 e. The summed E-state index contributed by atoms with van der Waals surface area (Å²) in [5.74, 6) is 0.394. The third-order valence-corrected chi connectivity index (χ3v) is 2.68. The summed E-state index contributed by atoms with van der Waals surface area (Å²) in [6.45, 7) is 8.61. The number of hydrogen-bond donors (Lipinski definition) is 1. The highest BCUT2D eigenvalue weighted by atomic mass is 16.5. The number of ether oxygens (including phenoxy) is 1. The quantitative estimate of drug-likeness (QED) is 0.768. The van der Waals surface area contributed by atoms with Crippen molar-refractivity contribution in [3.05, 3.63) is 17.7 Å². The number of carbonyl (C=O) groups is 1. The molecule has 1 heterocycles. The zero-order valence-corrected chi connectivity index (χ0v) is 12.0. The summed E-state index contributed by atoms with van der Waals surface area (Å²) in [7, 11) is 0. The van der Waals surface area contributed by atoms with Gasteiger partial charge in [0, 0.05) is 5.92 Å². The van der Waals surface area contributed by atoms with Crippen LogP contribution in [0.15, 0.2) is 6.20 Å². The molecule has 1 rings (SSSR count). The molecule has 0 radical (unpaired) electrons. The van der Waals surface area contributed by atoms with Crippen LogP contribution in [0.25, 0.3) is 0 Å². The lowest BCUT2D eigenvalue weighted by molar-refractivity contribution is 0.0684. The molecule has 0 aliphatic carbocycles. The zero-order valence-electron chi connectivity index (χ0n) is 12.0. The summed E-state index contributed by atoms with van der Waals surface area (Å²) in [6, 6.07) is 0. The van der Waals surface area contributed by atoms with Crippen LogP contribution in [0.1, 0.15) is 62.8 Å². The molecular weight excluding hydrogens is 244 g/mol. The Morgan fingerprint density at radius 3 is 2.58 bits per heavy atom. The predicted octanol–water partition coefficient (Wildman–Crippen LogP) is 3.11. The van der Waals surface area contributed by atoms with Gasteiger partial charge in [0.1, 0.15) is 5.82 Å². The van der Waals surface area contributed by atoms with Gasteiger partial charge in [0.2, 0.25) is 0 Å². The molecule has 0 unspecified atom stereocenters. The summed E-state index contributed by atoms with van der Waals surface area (Å²) in [4.78, 5) is 19.4. The Bertz CT molecular complexity index is 431. The molecule has 0 aliphatic rings. The molecule has 19 heavy (non-hydrogen) atoms. The van der Waals surface area contributed by atoms with Crippen LogP contribution in [0.4, 0.5) is 0 Å². The van der Waals surface area contributed by atoms with Crippen LogP contribution in [-0.4, -0.2) is 27.7 Å². The third kappa shape index (κ3) is 4.85. The van der Waals surface area contributed by atoms with Crippen molar-refractivity contribution in [2.45, 2.75) is 46.5 Å². The molecule has 0 fully saturated rings. The molecule has 1 aromatic heterocycles. The zero-order chi connectivity index (χ0) is 14.4. The van der Waals surface area contributed by atoms with Gasteiger partial charge in [0.05, 0.1) is 12.8 Å². The first-order chi connectivity index (χ1) is 8.91. The van der Waals surface area contributed by atoms with E-state index in [2.05, 4.69) is 23.8 Å². The maximum absolute atomic E-state index is 11.2. The number of hydrogen-bond acceptors (Lipinski definition) is 4. The molecular formula is C14H22N2O3. The van der Waals surface area contributed by atoms with Crippen LogP contribution in [0.2, 0.25) is 0 Å². The molecule has 1 N–H and O–H groups in total. The van der Waals surface area contributed by atoms with E-state index in [0.29, 0.717) is 18.3 Å². The van der Waals surface area contributed by atoms with Gasteiger partial charge in [-0.15, -0.1) is 0 Å². The summed E-state index contributed by atoms with van der Waals surface area (Å²) in [6.07, 6.45) is 3.40. The Kier molecular flexibility index (Phi) is 5.73. The van der Waals surface area contributed by atoms with Gasteiger partial charge < -0.3 is 9.84 Å². The maximum atomic E-state index is 11.2. The standard InChI is InChI=1S/C14H22N2O3/c1-9(2)6-5-7-19-11-8-15-13(10(3)4)16-12(11)14(17)18/h8-10H,5-7H2,1-4H3,(H,17,18). The Labute approximate surface area is 114 Å². The summed E-state index contributed by atoms with van der Waals surface area (Å²) >= 11 is 0. The first kappa shape index (κ1) is 15.4. The molecule has 106 valence electrons. The Morgan fingerprint density at radius 1 is 1.37 bits per heavy atom. The Balaban J connectivity index is 2.74. The molecule has 0 aromatic carbocycles. The van der Waals surface area contributed by atoms with Crippen LogP contribution in [0.5, 0.6) is 5.75 Å². The summed E-state index contributed by atoms with van der Waals surface area (Å²) in [5.41, 5.74) is -0.0525. The third-order valence-electron chi connectivity index (χ3n) is 2.68. The molecule has 0 bridgehead atoms. The first-order valence-corrected chi connectivity index (χ1v) is 6.64. The van der Waals surface area contributed by atoms with Crippen molar-refractivity contribution in [2.24, 2.45) is 5.92 Å².